The Balaban J connectivity index is 2.54. The largest absolute Gasteiger partial charge is 0.492 e. The van der Waals surface area contributed by atoms with Gasteiger partial charge in [0, 0.05) is 5.75 Å². The quantitative estimate of drug-likeness (QED) is 0.598. The van der Waals surface area contributed by atoms with Crippen molar-refractivity contribution < 1.29 is 9.53 Å². The third-order valence-electron chi connectivity index (χ3n) is 1.93. The molecule has 1 aromatic rings. The van der Waals surface area contributed by atoms with E-state index in [9.17, 15) is 4.79 Å². The highest BCUT2D eigenvalue weighted by atomic mass is 32.2. The lowest BCUT2D eigenvalue weighted by Gasteiger charge is -2.10. The third kappa shape index (κ3) is 4.95. The third-order valence-corrected chi connectivity index (χ3v) is 2.87. The summed E-state index contributed by atoms with van der Waals surface area (Å²) < 4.78 is 5.43. The van der Waals surface area contributed by atoms with Crippen molar-refractivity contribution in [2.24, 2.45) is 0 Å². The monoisotopic (exact) mass is 251 g/mol. The number of anilines is 1. The molecular weight excluding hydrogens is 234 g/mol. The first-order valence-electron chi connectivity index (χ1n) is 5.48. The molecule has 0 aromatic heterocycles. The fourth-order valence-electron chi connectivity index (χ4n) is 1.27. The lowest BCUT2D eigenvalue weighted by molar-refractivity contribution is -0.113. The standard InChI is InChI=1S/C13H17NO2S/c1-3-9-17-10-13(15)14-11-7-5-6-8-12(11)16-4-2/h3,5-8H,1,4,9-10H2,2H3,(H,14,15). The summed E-state index contributed by atoms with van der Waals surface area (Å²) in [6.45, 7) is 6.10. The zero-order valence-electron chi connectivity index (χ0n) is 9.94. The molecule has 4 heteroatoms. The van der Waals surface area contributed by atoms with Gasteiger partial charge in [0.25, 0.3) is 0 Å². The van der Waals surface area contributed by atoms with Crippen LogP contribution in [0.5, 0.6) is 5.75 Å². The summed E-state index contributed by atoms with van der Waals surface area (Å²) in [5.74, 6) is 1.88. The molecular formula is C13H17NO2S. The van der Waals surface area contributed by atoms with Crippen LogP contribution < -0.4 is 10.1 Å². The number of benzene rings is 1. The highest BCUT2D eigenvalue weighted by Crippen LogP contribution is 2.23. The maximum absolute atomic E-state index is 11.6. The smallest absolute Gasteiger partial charge is 0.234 e. The molecule has 0 bridgehead atoms. The molecule has 0 heterocycles. The Morgan fingerprint density at radius 2 is 2.29 bits per heavy atom. The van der Waals surface area contributed by atoms with E-state index in [0.717, 1.165) is 11.4 Å². The summed E-state index contributed by atoms with van der Waals surface area (Å²) in [6, 6.07) is 7.43. The topological polar surface area (TPSA) is 38.3 Å². The second kappa shape index (κ2) is 7.79. The van der Waals surface area contributed by atoms with Gasteiger partial charge in [-0.3, -0.25) is 4.79 Å². The van der Waals surface area contributed by atoms with Crippen LogP contribution in [0.25, 0.3) is 0 Å². The zero-order valence-corrected chi connectivity index (χ0v) is 10.8. The van der Waals surface area contributed by atoms with E-state index in [1.807, 2.05) is 31.2 Å². The van der Waals surface area contributed by atoms with Crippen molar-refractivity contribution in [2.75, 3.05) is 23.4 Å². The lowest BCUT2D eigenvalue weighted by atomic mass is 10.3. The van der Waals surface area contributed by atoms with E-state index in [2.05, 4.69) is 11.9 Å². The first-order chi connectivity index (χ1) is 8.27. The van der Waals surface area contributed by atoms with Crippen LogP contribution in [-0.4, -0.2) is 24.0 Å². The molecule has 1 rings (SSSR count). The van der Waals surface area contributed by atoms with Crippen LogP contribution in [0.15, 0.2) is 36.9 Å². The highest BCUT2D eigenvalue weighted by molar-refractivity contribution is 8.00. The molecule has 0 atom stereocenters. The normalized spacial score (nSPS) is 9.71. The van der Waals surface area contributed by atoms with Crippen molar-refractivity contribution in [3.8, 4) is 5.75 Å². The predicted octanol–water partition coefficient (Wildman–Crippen LogP) is 2.94. The number of ether oxygens (including phenoxy) is 1. The van der Waals surface area contributed by atoms with Crippen molar-refractivity contribution >= 4 is 23.4 Å². The Labute approximate surface area is 106 Å². The van der Waals surface area contributed by atoms with Crippen molar-refractivity contribution in [2.45, 2.75) is 6.92 Å². The minimum absolute atomic E-state index is 0.0241. The lowest BCUT2D eigenvalue weighted by Crippen LogP contribution is -2.15. The van der Waals surface area contributed by atoms with Gasteiger partial charge < -0.3 is 10.1 Å². The van der Waals surface area contributed by atoms with E-state index < -0.39 is 0 Å². The van der Waals surface area contributed by atoms with Crippen molar-refractivity contribution in [1.29, 1.82) is 0 Å². The Hall–Kier alpha value is -1.42. The van der Waals surface area contributed by atoms with Crippen LogP contribution in [0.1, 0.15) is 6.92 Å². The van der Waals surface area contributed by atoms with Crippen LogP contribution in [0.4, 0.5) is 5.69 Å². The fraction of sp³-hybridized carbons (Fsp3) is 0.308. The van der Waals surface area contributed by atoms with E-state index in [0.29, 0.717) is 18.1 Å². The maximum atomic E-state index is 11.6. The first-order valence-corrected chi connectivity index (χ1v) is 6.63. The van der Waals surface area contributed by atoms with Crippen LogP contribution in [0.2, 0.25) is 0 Å². The molecule has 0 aliphatic heterocycles. The first kappa shape index (κ1) is 13.6. The van der Waals surface area contributed by atoms with Gasteiger partial charge >= 0.3 is 0 Å². The van der Waals surface area contributed by atoms with Crippen LogP contribution in [0, 0.1) is 0 Å². The van der Waals surface area contributed by atoms with Gasteiger partial charge in [0.2, 0.25) is 5.91 Å². The number of carbonyl (C=O) groups excluding carboxylic acids is 1. The van der Waals surface area contributed by atoms with E-state index >= 15 is 0 Å². The van der Waals surface area contributed by atoms with Gasteiger partial charge in [-0.2, -0.15) is 0 Å². The summed E-state index contributed by atoms with van der Waals surface area (Å²) >= 11 is 1.53. The van der Waals surface area contributed by atoms with Gasteiger partial charge in [0.05, 0.1) is 18.0 Å². The molecule has 3 nitrogen and oxygen atoms in total. The minimum atomic E-state index is -0.0241. The second-order valence-electron chi connectivity index (χ2n) is 3.28. The second-order valence-corrected chi connectivity index (χ2v) is 4.31. The molecule has 1 aromatic carbocycles. The average Bonchev–Trinajstić information content (AvgIpc) is 2.32. The van der Waals surface area contributed by atoms with E-state index in [-0.39, 0.29) is 5.91 Å². The van der Waals surface area contributed by atoms with Crippen LogP contribution in [-0.2, 0) is 4.79 Å². The number of carbonyl (C=O) groups is 1. The van der Waals surface area contributed by atoms with Gasteiger partial charge in [-0.05, 0) is 19.1 Å². The Kier molecular flexibility index (Phi) is 6.25. The summed E-state index contributed by atoms with van der Waals surface area (Å²) in [7, 11) is 0. The molecule has 0 fully saturated rings. The summed E-state index contributed by atoms with van der Waals surface area (Å²) in [5.41, 5.74) is 0.721. The summed E-state index contributed by atoms with van der Waals surface area (Å²) in [4.78, 5) is 11.6. The average molecular weight is 251 g/mol. The number of amides is 1. The van der Waals surface area contributed by atoms with Crippen LogP contribution in [0.3, 0.4) is 0 Å². The molecule has 92 valence electrons. The Bertz CT molecular complexity index is 379. The molecule has 0 aliphatic rings. The molecule has 0 unspecified atom stereocenters. The number of thioether (sulfide) groups is 1. The number of hydrogen-bond acceptors (Lipinski definition) is 3. The molecule has 1 N–H and O–H groups in total. The molecule has 0 radical (unpaired) electrons. The highest BCUT2D eigenvalue weighted by Gasteiger charge is 2.06. The van der Waals surface area contributed by atoms with Gasteiger partial charge in [-0.1, -0.05) is 18.2 Å². The molecule has 0 saturated heterocycles. The van der Waals surface area contributed by atoms with E-state index in [4.69, 9.17) is 4.74 Å². The predicted molar refractivity (Wildman–Crippen MR) is 73.8 cm³/mol. The van der Waals surface area contributed by atoms with Gasteiger partial charge in [-0.25, -0.2) is 0 Å². The molecule has 0 aliphatic carbocycles. The Morgan fingerprint density at radius 3 is 3.00 bits per heavy atom. The fourth-order valence-corrected chi connectivity index (χ4v) is 1.81. The maximum Gasteiger partial charge on any atom is 0.234 e. The van der Waals surface area contributed by atoms with Crippen molar-refractivity contribution in [3.05, 3.63) is 36.9 Å². The number of nitrogens with one attached hydrogen (secondary N) is 1. The number of hydrogen-bond donors (Lipinski definition) is 1. The zero-order chi connectivity index (χ0) is 12.5. The molecule has 17 heavy (non-hydrogen) atoms. The van der Waals surface area contributed by atoms with Gasteiger partial charge in [0.1, 0.15) is 5.75 Å². The van der Waals surface area contributed by atoms with Crippen LogP contribution >= 0.6 is 11.8 Å². The molecule has 1 amide bonds. The van der Waals surface area contributed by atoms with Crippen molar-refractivity contribution in [1.82, 2.24) is 0 Å². The van der Waals surface area contributed by atoms with E-state index in [1.54, 1.807) is 6.08 Å². The van der Waals surface area contributed by atoms with Crippen molar-refractivity contribution in [3.63, 3.8) is 0 Å². The number of para-hydroxylation sites is 2. The Morgan fingerprint density at radius 1 is 1.53 bits per heavy atom. The number of rotatable bonds is 7. The molecule has 0 spiro atoms. The summed E-state index contributed by atoms with van der Waals surface area (Å²) in [5, 5.41) is 2.84. The summed E-state index contributed by atoms with van der Waals surface area (Å²) in [6.07, 6.45) is 1.78. The molecule has 0 saturated carbocycles. The van der Waals surface area contributed by atoms with E-state index in [1.165, 1.54) is 11.8 Å². The SMILES string of the molecule is C=CCSCC(=O)Nc1ccccc1OCC. The van der Waals surface area contributed by atoms with Gasteiger partial charge in [0.15, 0.2) is 0 Å². The minimum Gasteiger partial charge on any atom is -0.492 e. The van der Waals surface area contributed by atoms with Gasteiger partial charge in [-0.15, -0.1) is 18.3 Å².